The standard InChI is InChI=1S/C23H29N3O2/c1-17(2)19-7-5-18(6-8-19)13-25-12-4-11-23(15-25)16-26(22(23)28)20-9-10-21(27)24(3)14-20/h5-10,14,17H,4,11-13,15-16H2,1-3H3/t23-/m0/s1. The van der Waals surface area contributed by atoms with E-state index < -0.39 is 0 Å². The number of nitrogens with zero attached hydrogens (tertiary/aromatic N) is 3. The Morgan fingerprint density at radius 1 is 1.04 bits per heavy atom. The molecule has 3 heterocycles. The van der Waals surface area contributed by atoms with Crippen LogP contribution in [0.3, 0.4) is 0 Å². The van der Waals surface area contributed by atoms with Crippen LogP contribution in [0.4, 0.5) is 5.69 Å². The van der Waals surface area contributed by atoms with E-state index in [-0.39, 0.29) is 16.9 Å². The summed E-state index contributed by atoms with van der Waals surface area (Å²) < 4.78 is 1.53. The first kappa shape index (κ1) is 18.9. The number of amides is 1. The van der Waals surface area contributed by atoms with Gasteiger partial charge < -0.3 is 9.47 Å². The van der Waals surface area contributed by atoms with Crippen LogP contribution in [0.5, 0.6) is 0 Å². The van der Waals surface area contributed by atoms with Crippen molar-refractivity contribution in [2.75, 3.05) is 24.5 Å². The molecule has 0 bridgehead atoms. The van der Waals surface area contributed by atoms with Gasteiger partial charge in [-0.15, -0.1) is 0 Å². The topological polar surface area (TPSA) is 45.5 Å². The smallest absolute Gasteiger partial charge is 0.250 e. The van der Waals surface area contributed by atoms with Crippen LogP contribution in [-0.2, 0) is 18.4 Å². The molecule has 0 unspecified atom stereocenters. The van der Waals surface area contributed by atoms with Gasteiger partial charge in [0.05, 0.1) is 11.1 Å². The molecule has 0 N–H and O–H groups in total. The number of aryl methyl sites for hydroxylation is 1. The summed E-state index contributed by atoms with van der Waals surface area (Å²) in [5, 5.41) is 0. The van der Waals surface area contributed by atoms with Crippen molar-refractivity contribution in [1.82, 2.24) is 9.47 Å². The number of rotatable bonds is 4. The highest BCUT2D eigenvalue weighted by Crippen LogP contribution is 2.42. The van der Waals surface area contributed by atoms with Crippen molar-refractivity contribution < 1.29 is 4.79 Å². The first-order valence-corrected chi connectivity index (χ1v) is 10.2. The highest BCUT2D eigenvalue weighted by atomic mass is 16.2. The molecule has 2 aliphatic rings. The lowest BCUT2D eigenvalue weighted by molar-refractivity contribution is -0.139. The van der Waals surface area contributed by atoms with Gasteiger partial charge in [-0.25, -0.2) is 0 Å². The average Bonchev–Trinajstić information content (AvgIpc) is 2.69. The number of piperidine rings is 1. The van der Waals surface area contributed by atoms with Gasteiger partial charge in [-0.2, -0.15) is 0 Å². The van der Waals surface area contributed by atoms with Crippen molar-refractivity contribution in [1.29, 1.82) is 0 Å². The van der Waals surface area contributed by atoms with E-state index in [1.807, 2.05) is 4.90 Å². The molecule has 4 rings (SSSR count). The molecule has 148 valence electrons. The molecule has 28 heavy (non-hydrogen) atoms. The van der Waals surface area contributed by atoms with Crippen LogP contribution < -0.4 is 10.5 Å². The zero-order valence-corrected chi connectivity index (χ0v) is 17.0. The van der Waals surface area contributed by atoms with E-state index in [4.69, 9.17) is 0 Å². The lowest BCUT2D eigenvalue weighted by atomic mass is 9.72. The normalized spacial score (nSPS) is 22.7. The molecular weight excluding hydrogens is 350 g/mol. The maximum Gasteiger partial charge on any atom is 0.250 e. The Morgan fingerprint density at radius 3 is 2.43 bits per heavy atom. The summed E-state index contributed by atoms with van der Waals surface area (Å²) in [5.74, 6) is 0.745. The SMILES string of the molecule is CC(C)c1ccc(CN2CCC[C@]3(C2)CN(c2ccc(=O)n(C)c2)C3=O)cc1. The number of pyridine rings is 1. The molecule has 2 saturated heterocycles. The molecule has 2 fully saturated rings. The Labute approximate surface area is 166 Å². The lowest BCUT2D eigenvalue weighted by Gasteiger charge is -2.53. The summed E-state index contributed by atoms with van der Waals surface area (Å²) in [6.45, 7) is 7.92. The highest BCUT2D eigenvalue weighted by molar-refractivity contribution is 6.04. The molecule has 1 amide bonds. The maximum atomic E-state index is 13.1. The van der Waals surface area contributed by atoms with Gasteiger partial charge >= 0.3 is 0 Å². The molecule has 1 aromatic carbocycles. The zero-order valence-electron chi connectivity index (χ0n) is 17.0. The van der Waals surface area contributed by atoms with E-state index in [0.717, 1.165) is 44.7 Å². The largest absolute Gasteiger partial charge is 0.317 e. The van der Waals surface area contributed by atoms with Gasteiger partial charge in [0.2, 0.25) is 11.5 Å². The summed E-state index contributed by atoms with van der Waals surface area (Å²) in [6, 6.07) is 12.2. The summed E-state index contributed by atoms with van der Waals surface area (Å²) in [7, 11) is 1.72. The van der Waals surface area contributed by atoms with Gasteiger partial charge in [0.15, 0.2) is 0 Å². The third-order valence-electron chi connectivity index (χ3n) is 6.25. The molecular formula is C23H29N3O2. The molecule has 0 aliphatic carbocycles. The van der Waals surface area contributed by atoms with Gasteiger partial charge in [-0.1, -0.05) is 38.1 Å². The lowest BCUT2D eigenvalue weighted by Crippen LogP contribution is -2.67. The monoisotopic (exact) mass is 379 g/mol. The fourth-order valence-electron chi connectivity index (χ4n) is 4.52. The molecule has 5 nitrogen and oxygen atoms in total. The Morgan fingerprint density at radius 2 is 1.79 bits per heavy atom. The second-order valence-corrected chi connectivity index (χ2v) is 8.72. The second kappa shape index (κ2) is 7.21. The predicted octanol–water partition coefficient (Wildman–Crippen LogP) is 3.14. The minimum atomic E-state index is -0.259. The Kier molecular flexibility index (Phi) is 4.88. The average molecular weight is 380 g/mol. The van der Waals surface area contributed by atoms with Crippen LogP contribution >= 0.6 is 0 Å². The van der Waals surface area contributed by atoms with E-state index in [9.17, 15) is 9.59 Å². The fraction of sp³-hybridized carbons (Fsp3) is 0.478. The van der Waals surface area contributed by atoms with Gasteiger partial charge in [-0.05, 0) is 42.5 Å². The quantitative estimate of drug-likeness (QED) is 0.767. The minimum absolute atomic E-state index is 0.0567. The number of hydrogen-bond donors (Lipinski definition) is 0. The number of carbonyl (C=O) groups excluding carboxylic acids is 1. The number of benzene rings is 1. The Hall–Kier alpha value is -2.40. The van der Waals surface area contributed by atoms with Crippen LogP contribution in [0.1, 0.15) is 43.7 Å². The van der Waals surface area contributed by atoms with Crippen LogP contribution in [-0.4, -0.2) is 35.0 Å². The molecule has 2 aliphatic heterocycles. The first-order valence-electron chi connectivity index (χ1n) is 10.2. The third kappa shape index (κ3) is 3.39. The van der Waals surface area contributed by atoms with Gasteiger partial charge in [0.25, 0.3) is 0 Å². The van der Waals surface area contributed by atoms with Crippen LogP contribution in [0.15, 0.2) is 47.4 Å². The fourth-order valence-corrected chi connectivity index (χ4v) is 4.52. The van der Waals surface area contributed by atoms with Crippen LogP contribution in [0.2, 0.25) is 0 Å². The number of hydrogen-bond acceptors (Lipinski definition) is 3. The number of likely N-dealkylation sites (tertiary alicyclic amines) is 1. The number of anilines is 1. The Bertz CT molecular complexity index is 932. The molecule has 5 heteroatoms. The summed E-state index contributed by atoms with van der Waals surface area (Å²) in [5.41, 5.74) is 3.17. The van der Waals surface area contributed by atoms with E-state index in [1.54, 1.807) is 19.3 Å². The van der Waals surface area contributed by atoms with Crippen molar-refractivity contribution in [3.05, 3.63) is 64.1 Å². The van der Waals surface area contributed by atoms with E-state index in [1.165, 1.54) is 21.8 Å². The minimum Gasteiger partial charge on any atom is -0.317 e. The molecule has 1 spiro atoms. The summed E-state index contributed by atoms with van der Waals surface area (Å²) in [4.78, 5) is 28.9. The predicted molar refractivity (Wildman–Crippen MR) is 112 cm³/mol. The van der Waals surface area contributed by atoms with Crippen molar-refractivity contribution in [2.24, 2.45) is 12.5 Å². The number of aromatic nitrogens is 1. The summed E-state index contributed by atoms with van der Waals surface area (Å²) >= 11 is 0. The highest BCUT2D eigenvalue weighted by Gasteiger charge is 2.54. The van der Waals surface area contributed by atoms with Crippen molar-refractivity contribution >= 4 is 11.6 Å². The van der Waals surface area contributed by atoms with Crippen molar-refractivity contribution in [2.45, 2.75) is 39.2 Å². The van der Waals surface area contributed by atoms with Crippen molar-refractivity contribution in [3.8, 4) is 0 Å². The number of β-lactam (4-membered cyclic amide) rings is 1. The number of carbonyl (C=O) groups is 1. The van der Waals surface area contributed by atoms with Gasteiger partial charge in [0, 0.05) is 38.9 Å². The first-order chi connectivity index (χ1) is 13.4. The van der Waals surface area contributed by atoms with E-state index in [0.29, 0.717) is 5.92 Å². The van der Waals surface area contributed by atoms with Gasteiger partial charge in [0.1, 0.15) is 0 Å². The molecule has 1 atom stereocenters. The van der Waals surface area contributed by atoms with Gasteiger partial charge in [-0.3, -0.25) is 14.5 Å². The summed E-state index contributed by atoms with van der Waals surface area (Å²) in [6.07, 6.45) is 3.76. The van der Waals surface area contributed by atoms with E-state index >= 15 is 0 Å². The molecule has 0 radical (unpaired) electrons. The van der Waals surface area contributed by atoms with Crippen LogP contribution in [0.25, 0.3) is 0 Å². The maximum absolute atomic E-state index is 13.1. The second-order valence-electron chi connectivity index (χ2n) is 8.72. The zero-order chi connectivity index (χ0) is 19.9. The van der Waals surface area contributed by atoms with Crippen molar-refractivity contribution in [3.63, 3.8) is 0 Å². The molecule has 0 saturated carbocycles. The molecule has 2 aromatic rings. The van der Waals surface area contributed by atoms with Crippen LogP contribution in [0, 0.1) is 5.41 Å². The third-order valence-corrected chi connectivity index (χ3v) is 6.25. The Balaban J connectivity index is 1.43. The molecule has 1 aromatic heterocycles. The van der Waals surface area contributed by atoms with E-state index in [2.05, 4.69) is 43.0 Å².